The van der Waals surface area contributed by atoms with E-state index in [9.17, 15) is 4.39 Å². The van der Waals surface area contributed by atoms with Crippen molar-refractivity contribution in [1.82, 2.24) is 25.4 Å². The molecule has 0 saturated carbocycles. The predicted octanol–water partition coefficient (Wildman–Crippen LogP) is 3.35. The first kappa shape index (κ1) is 23.3. The van der Waals surface area contributed by atoms with E-state index in [4.69, 9.17) is 0 Å². The topological polar surface area (TPSA) is 67.1 Å². The summed E-state index contributed by atoms with van der Waals surface area (Å²) in [6.07, 6.45) is 5.52. The summed E-state index contributed by atoms with van der Waals surface area (Å²) in [5.41, 5.74) is 0.713. The predicted molar refractivity (Wildman–Crippen MR) is 118 cm³/mol. The Kier molecular flexibility index (Phi) is 10.3. The van der Waals surface area contributed by atoms with Gasteiger partial charge in [-0.15, -0.1) is 34.2 Å². The Hall–Kier alpha value is -1.71. The Labute approximate surface area is 178 Å². The van der Waals surface area contributed by atoms with Gasteiger partial charge < -0.3 is 15.2 Å². The number of aryl methyl sites for hydroxylation is 1. The molecule has 0 spiro atoms. The number of aliphatic imine (C=N–C) groups is 1. The first-order chi connectivity index (χ1) is 12.5. The van der Waals surface area contributed by atoms with Crippen molar-refractivity contribution in [3.63, 3.8) is 0 Å². The third-order valence-corrected chi connectivity index (χ3v) is 4.18. The van der Waals surface area contributed by atoms with Crippen molar-refractivity contribution in [2.45, 2.75) is 45.6 Å². The molecule has 0 amide bonds. The SMILES string of the molecule is CCNC(=NCC(C)(C)c1cccc(F)c1)NCCCCn1cnnc1.I. The van der Waals surface area contributed by atoms with Crippen molar-refractivity contribution in [3.05, 3.63) is 48.3 Å². The molecule has 0 atom stereocenters. The second-order valence-electron chi connectivity index (χ2n) is 6.92. The number of hydrogen-bond donors (Lipinski definition) is 2. The minimum absolute atomic E-state index is 0. The number of aromatic nitrogens is 3. The van der Waals surface area contributed by atoms with Crippen LogP contribution >= 0.6 is 24.0 Å². The number of rotatable bonds is 9. The Morgan fingerprint density at radius 3 is 2.59 bits per heavy atom. The van der Waals surface area contributed by atoms with Crippen LogP contribution in [0.1, 0.15) is 39.2 Å². The van der Waals surface area contributed by atoms with Crippen LogP contribution in [0.15, 0.2) is 41.9 Å². The average molecular weight is 488 g/mol. The van der Waals surface area contributed by atoms with Gasteiger partial charge in [-0.05, 0) is 37.5 Å². The maximum atomic E-state index is 13.5. The van der Waals surface area contributed by atoms with Gasteiger partial charge in [0.15, 0.2) is 5.96 Å². The van der Waals surface area contributed by atoms with Crippen LogP contribution < -0.4 is 10.6 Å². The molecule has 0 unspecified atom stereocenters. The zero-order chi connectivity index (χ0) is 18.8. The second kappa shape index (κ2) is 11.9. The Balaban J connectivity index is 0.00000364. The number of halogens is 2. The van der Waals surface area contributed by atoms with Crippen molar-refractivity contribution in [3.8, 4) is 0 Å². The molecule has 27 heavy (non-hydrogen) atoms. The van der Waals surface area contributed by atoms with Gasteiger partial charge in [0, 0.05) is 25.0 Å². The summed E-state index contributed by atoms with van der Waals surface area (Å²) >= 11 is 0. The Bertz CT molecular complexity index is 687. The molecule has 0 bridgehead atoms. The molecule has 6 nitrogen and oxygen atoms in total. The van der Waals surface area contributed by atoms with E-state index in [1.54, 1.807) is 24.8 Å². The molecule has 0 radical (unpaired) electrons. The van der Waals surface area contributed by atoms with Gasteiger partial charge in [0.25, 0.3) is 0 Å². The van der Waals surface area contributed by atoms with Crippen LogP contribution in [0.4, 0.5) is 4.39 Å². The van der Waals surface area contributed by atoms with Gasteiger partial charge in [-0.3, -0.25) is 4.99 Å². The first-order valence-corrected chi connectivity index (χ1v) is 9.12. The van der Waals surface area contributed by atoms with Gasteiger partial charge in [-0.1, -0.05) is 26.0 Å². The zero-order valence-corrected chi connectivity index (χ0v) is 18.6. The summed E-state index contributed by atoms with van der Waals surface area (Å²) in [4.78, 5) is 4.69. The lowest BCUT2D eigenvalue weighted by molar-refractivity contribution is 0.528. The highest BCUT2D eigenvalue weighted by Crippen LogP contribution is 2.24. The van der Waals surface area contributed by atoms with Crippen molar-refractivity contribution < 1.29 is 4.39 Å². The normalized spacial score (nSPS) is 11.8. The number of guanidine groups is 1. The number of nitrogens with zero attached hydrogens (tertiary/aromatic N) is 4. The summed E-state index contributed by atoms with van der Waals surface area (Å²) in [7, 11) is 0. The number of hydrogen-bond acceptors (Lipinski definition) is 3. The maximum absolute atomic E-state index is 13.5. The number of nitrogens with one attached hydrogen (secondary N) is 2. The first-order valence-electron chi connectivity index (χ1n) is 9.12. The summed E-state index contributed by atoms with van der Waals surface area (Å²) in [5.74, 6) is 0.582. The fourth-order valence-electron chi connectivity index (χ4n) is 2.58. The molecule has 2 rings (SSSR count). The Morgan fingerprint density at radius 2 is 1.93 bits per heavy atom. The minimum atomic E-state index is -0.237. The zero-order valence-electron chi connectivity index (χ0n) is 16.3. The van der Waals surface area contributed by atoms with E-state index in [2.05, 4.69) is 39.7 Å². The van der Waals surface area contributed by atoms with Crippen molar-refractivity contribution in [1.29, 1.82) is 0 Å². The quantitative estimate of drug-likeness (QED) is 0.246. The van der Waals surface area contributed by atoms with Crippen LogP contribution in [0.3, 0.4) is 0 Å². The lowest BCUT2D eigenvalue weighted by Crippen LogP contribution is -2.39. The van der Waals surface area contributed by atoms with E-state index in [-0.39, 0.29) is 35.2 Å². The molecule has 1 aromatic heterocycles. The van der Waals surface area contributed by atoms with E-state index < -0.39 is 0 Å². The molecule has 2 N–H and O–H groups in total. The molecule has 1 heterocycles. The third kappa shape index (κ3) is 8.23. The second-order valence-corrected chi connectivity index (χ2v) is 6.92. The average Bonchev–Trinajstić information content (AvgIpc) is 3.13. The summed E-state index contributed by atoms with van der Waals surface area (Å²) in [6, 6.07) is 6.74. The highest BCUT2D eigenvalue weighted by Gasteiger charge is 2.21. The molecular weight excluding hydrogens is 458 g/mol. The summed E-state index contributed by atoms with van der Waals surface area (Å²) < 4.78 is 15.5. The van der Waals surface area contributed by atoms with Gasteiger partial charge in [-0.25, -0.2) is 4.39 Å². The molecule has 8 heteroatoms. The standard InChI is InChI=1S/C19H29FN6.HI/c1-4-21-18(22-10-5-6-11-26-14-24-25-15-26)23-13-19(2,3)16-8-7-9-17(20)12-16;/h7-9,12,14-15H,4-6,10-11,13H2,1-3H3,(H2,21,22,23);1H. The van der Waals surface area contributed by atoms with Gasteiger partial charge in [0.05, 0.1) is 6.54 Å². The van der Waals surface area contributed by atoms with Gasteiger partial charge in [-0.2, -0.15) is 0 Å². The molecule has 0 fully saturated rings. The monoisotopic (exact) mass is 488 g/mol. The lowest BCUT2D eigenvalue weighted by atomic mass is 9.85. The van der Waals surface area contributed by atoms with Gasteiger partial charge in [0.1, 0.15) is 18.5 Å². The molecule has 0 saturated heterocycles. The minimum Gasteiger partial charge on any atom is -0.357 e. The smallest absolute Gasteiger partial charge is 0.191 e. The molecule has 150 valence electrons. The van der Waals surface area contributed by atoms with Gasteiger partial charge in [0.2, 0.25) is 0 Å². The van der Waals surface area contributed by atoms with E-state index in [0.717, 1.165) is 44.0 Å². The van der Waals surface area contributed by atoms with Crippen molar-refractivity contribution in [2.24, 2.45) is 4.99 Å². The highest BCUT2D eigenvalue weighted by atomic mass is 127. The van der Waals surface area contributed by atoms with Crippen LogP contribution in [-0.4, -0.2) is 40.4 Å². The lowest BCUT2D eigenvalue weighted by Gasteiger charge is -2.24. The van der Waals surface area contributed by atoms with E-state index in [1.165, 1.54) is 6.07 Å². The van der Waals surface area contributed by atoms with Crippen LogP contribution in [0, 0.1) is 5.82 Å². The fraction of sp³-hybridized carbons (Fsp3) is 0.526. The van der Waals surface area contributed by atoms with Crippen LogP contribution in [-0.2, 0) is 12.0 Å². The molecule has 0 aliphatic carbocycles. The highest BCUT2D eigenvalue weighted by molar-refractivity contribution is 14.0. The van der Waals surface area contributed by atoms with E-state index in [0.29, 0.717) is 6.54 Å². The van der Waals surface area contributed by atoms with E-state index >= 15 is 0 Å². The van der Waals surface area contributed by atoms with Crippen molar-refractivity contribution in [2.75, 3.05) is 19.6 Å². The summed E-state index contributed by atoms with van der Waals surface area (Å²) in [6.45, 7) is 9.33. The number of benzene rings is 1. The van der Waals surface area contributed by atoms with Crippen molar-refractivity contribution >= 4 is 29.9 Å². The van der Waals surface area contributed by atoms with Crippen LogP contribution in [0.5, 0.6) is 0 Å². The van der Waals surface area contributed by atoms with Crippen LogP contribution in [0.2, 0.25) is 0 Å². The molecule has 1 aromatic carbocycles. The molecule has 0 aliphatic heterocycles. The van der Waals surface area contributed by atoms with Crippen LogP contribution in [0.25, 0.3) is 0 Å². The maximum Gasteiger partial charge on any atom is 0.191 e. The molecular formula is C19H30FIN6. The fourth-order valence-corrected chi connectivity index (χ4v) is 2.58. The molecule has 0 aliphatic rings. The van der Waals surface area contributed by atoms with E-state index in [1.807, 2.05) is 17.6 Å². The molecule has 2 aromatic rings. The third-order valence-electron chi connectivity index (χ3n) is 4.18. The Morgan fingerprint density at radius 1 is 1.19 bits per heavy atom. The van der Waals surface area contributed by atoms with Gasteiger partial charge >= 0.3 is 0 Å². The number of unbranched alkanes of at least 4 members (excludes halogenated alkanes) is 1. The summed E-state index contributed by atoms with van der Waals surface area (Å²) in [5, 5.41) is 14.2. The largest absolute Gasteiger partial charge is 0.357 e.